The Bertz CT molecular complexity index is 1140. The summed E-state index contributed by atoms with van der Waals surface area (Å²) in [4.78, 5) is 35.7. The van der Waals surface area contributed by atoms with Crippen molar-refractivity contribution in [3.63, 3.8) is 0 Å². The molecule has 0 unspecified atom stereocenters. The van der Waals surface area contributed by atoms with Gasteiger partial charge in [-0.15, -0.1) is 0 Å². The molecule has 2 amide bonds. The van der Waals surface area contributed by atoms with Gasteiger partial charge in [0.05, 0.1) is 0 Å². The third kappa shape index (κ3) is 6.64. The summed E-state index contributed by atoms with van der Waals surface area (Å²) < 4.78 is 17.9. The van der Waals surface area contributed by atoms with E-state index >= 15 is 0 Å². The molecule has 0 aliphatic rings. The second-order valence-electron chi connectivity index (χ2n) is 6.53. The first-order valence-electron chi connectivity index (χ1n) is 9.33. The van der Waals surface area contributed by atoms with Crippen LogP contribution in [0.2, 0.25) is 0 Å². The van der Waals surface area contributed by atoms with Crippen LogP contribution in [0.25, 0.3) is 6.08 Å². The summed E-state index contributed by atoms with van der Waals surface area (Å²) >= 11 is 0. The highest BCUT2D eigenvalue weighted by atomic mass is 19.1. The molecule has 0 spiro atoms. The number of carbonyl (C=O) groups is 3. The van der Waals surface area contributed by atoms with Gasteiger partial charge in [0, 0.05) is 29.9 Å². The summed E-state index contributed by atoms with van der Waals surface area (Å²) in [7, 11) is 0. The number of hydrogen-bond acceptors (Lipinski definition) is 4. The summed E-state index contributed by atoms with van der Waals surface area (Å²) in [5.41, 5.74) is 1.97. The molecule has 7 heteroatoms. The first-order chi connectivity index (χ1) is 14.9. The van der Waals surface area contributed by atoms with Crippen molar-refractivity contribution in [2.24, 2.45) is 0 Å². The van der Waals surface area contributed by atoms with Crippen LogP contribution >= 0.6 is 0 Å². The van der Waals surface area contributed by atoms with Crippen LogP contribution in [0.5, 0.6) is 5.75 Å². The number of hydrogen-bond donors (Lipinski definition) is 2. The topological polar surface area (TPSA) is 84.5 Å². The van der Waals surface area contributed by atoms with Crippen LogP contribution in [-0.4, -0.2) is 17.8 Å². The van der Waals surface area contributed by atoms with Gasteiger partial charge in [-0.05, 0) is 60.2 Å². The third-order valence-electron chi connectivity index (χ3n) is 4.04. The highest BCUT2D eigenvalue weighted by Crippen LogP contribution is 2.18. The minimum atomic E-state index is -0.477. The zero-order valence-corrected chi connectivity index (χ0v) is 16.6. The van der Waals surface area contributed by atoms with Gasteiger partial charge < -0.3 is 15.4 Å². The quantitative estimate of drug-likeness (QED) is 0.347. The monoisotopic (exact) mass is 418 g/mol. The van der Waals surface area contributed by atoms with Crippen molar-refractivity contribution in [2.75, 3.05) is 10.6 Å². The van der Waals surface area contributed by atoms with Crippen molar-refractivity contribution in [3.05, 3.63) is 95.8 Å². The average Bonchev–Trinajstić information content (AvgIpc) is 2.73. The van der Waals surface area contributed by atoms with Crippen molar-refractivity contribution < 1.29 is 23.5 Å². The number of esters is 1. The van der Waals surface area contributed by atoms with E-state index in [1.165, 1.54) is 31.2 Å². The number of amides is 2. The molecule has 0 fully saturated rings. The molecule has 0 heterocycles. The lowest BCUT2D eigenvalue weighted by Crippen LogP contribution is -2.13. The number of ether oxygens (including phenoxy) is 1. The van der Waals surface area contributed by atoms with Gasteiger partial charge in [-0.3, -0.25) is 14.4 Å². The molecule has 0 aliphatic heterocycles. The van der Waals surface area contributed by atoms with E-state index in [1.54, 1.807) is 60.7 Å². The molecule has 0 radical (unpaired) electrons. The molecule has 0 aliphatic carbocycles. The molecular weight excluding hydrogens is 399 g/mol. The lowest BCUT2D eigenvalue weighted by atomic mass is 10.2. The Labute approximate surface area is 178 Å². The number of rotatable bonds is 6. The molecule has 0 atom stereocenters. The van der Waals surface area contributed by atoms with Crippen LogP contribution in [0.1, 0.15) is 22.8 Å². The van der Waals surface area contributed by atoms with Gasteiger partial charge in [-0.2, -0.15) is 0 Å². The Balaban J connectivity index is 1.63. The smallest absolute Gasteiger partial charge is 0.308 e. The van der Waals surface area contributed by atoms with Crippen LogP contribution in [0, 0.1) is 5.82 Å². The first kappa shape index (κ1) is 21.4. The molecule has 0 saturated carbocycles. The fraction of sp³-hybridized carbons (Fsp3) is 0.0417. The second kappa shape index (κ2) is 9.98. The minimum absolute atomic E-state index is 0.272. The maximum Gasteiger partial charge on any atom is 0.308 e. The lowest BCUT2D eigenvalue weighted by Gasteiger charge is -2.09. The molecule has 31 heavy (non-hydrogen) atoms. The van der Waals surface area contributed by atoms with Gasteiger partial charge in [0.2, 0.25) is 5.91 Å². The van der Waals surface area contributed by atoms with E-state index in [0.29, 0.717) is 22.5 Å². The van der Waals surface area contributed by atoms with Gasteiger partial charge in [0.25, 0.3) is 5.91 Å². The maximum atomic E-state index is 12.9. The Morgan fingerprint density at radius 2 is 1.55 bits per heavy atom. The maximum absolute atomic E-state index is 12.9. The summed E-state index contributed by atoms with van der Waals surface area (Å²) in [6.07, 6.45) is 2.90. The zero-order valence-electron chi connectivity index (χ0n) is 16.6. The van der Waals surface area contributed by atoms with Crippen molar-refractivity contribution in [1.82, 2.24) is 0 Å². The molecular formula is C24H19FN2O4. The SMILES string of the molecule is CC(=O)Oc1cccc(C(=O)Nc2cccc(NC(=O)/C=C/c3ccc(F)cc3)c2)c1. The van der Waals surface area contributed by atoms with Gasteiger partial charge in [0.1, 0.15) is 11.6 Å². The van der Waals surface area contributed by atoms with E-state index in [0.717, 1.165) is 0 Å². The molecule has 3 aromatic carbocycles. The molecule has 0 bridgehead atoms. The summed E-state index contributed by atoms with van der Waals surface area (Å²) in [6, 6.07) is 18.6. The first-order valence-corrected chi connectivity index (χ1v) is 9.33. The van der Waals surface area contributed by atoms with Crippen LogP contribution in [0.4, 0.5) is 15.8 Å². The summed E-state index contributed by atoms with van der Waals surface area (Å²) in [5, 5.41) is 5.43. The second-order valence-corrected chi connectivity index (χ2v) is 6.53. The Hall–Kier alpha value is -4.26. The van der Waals surface area contributed by atoms with Gasteiger partial charge in [-0.25, -0.2) is 4.39 Å². The van der Waals surface area contributed by atoms with E-state index in [9.17, 15) is 18.8 Å². The van der Waals surface area contributed by atoms with E-state index < -0.39 is 11.9 Å². The number of anilines is 2. The highest BCUT2D eigenvalue weighted by Gasteiger charge is 2.09. The standard InChI is InChI=1S/C24H19FN2O4/c1-16(28)31-22-7-2-4-18(14-22)24(30)27-21-6-3-5-20(15-21)26-23(29)13-10-17-8-11-19(25)12-9-17/h2-15H,1H3,(H,26,29)(H,27,30)/b13-10+. The van der Waals surface area contributed by atoms with Gasteiger partial charge >= 0.3 is 5.97 Å². The molecule has 156 valence electrons. The summed E-state index contributed by atoms with van der Waals surface area (Å²) in [6.45, 7) is 1.28. The zero-order chi connectivity index (χ0) is 22.2. The largest absolute Gasteiger partial charge is 0.427 e. The molecule has 6 nitrogen and oxygen atoms in total. The number of benzene rings is 3. The predicted molar refractivity (Wildman–Crippen MR) is 116 cm³/mol. The highest BCUT2D eigenvalue weighted by molar-refractivity contribution is 6.05. The Morgan fingerprint density at radius 3 is 2.26 bits per heavy atom. The van der Waals surface area contributed by atoms with Crippen LogP contribution in [-0.2, 0) is 9.59 Å². The number of halogens is 1. The minimum Gasteiger partial charge on any atom is -0.427 e. The van der Waals surface area contributed by atoms with Crippen molar-refractivity contribution in [1.29, 1.82) is 0 Å². The summed E-state index contributed by atoms with van der Waals surface area (Å²) in [5.74, 6) is -1.32. The Kier molecular flexibility index (Phi) is 6.90. The number of carbonyl (C=O) groups excluding carboxylic acids is 3. The fourth-order valence-electron chi connectivity index (χ4n) is 2.67. The van der Waals surface area contributed by atoms with E-state index in [1.807, 2.05) is 0 Å². The molecule has 0 aromatic heterocycles. The molecule has 0 saturated heterocycles. The Morgan fingerprint density at radius 1 is 0.871 bits per heavy atom. The van der Waals surface area contributed by atoms with Crippen LogP contribution in [0.3, 0.4) is 0 Å². The van der Waals surface area contributed by atoms with Gasteiger partial charge in [0.15, 0.2) is 0 Å². The van der Waals surface area contributed by atoms with Crippen molar-refractivity contribution in [3.8, 4) is 5.75 Å². The lowest BCUT2D eigenvalue weighted by molar-refractivity contribution is -0.131. The van der Waals surface area contributed by atoms with Crippen LogP contribution in [0.15, 0.2) is 78.9 Å². The fourth-order valence-corrected chi connectivity index (χ4v) is 2.67. The third-order valence-corrected chi connectivity index (χ3v) is 4.04. The average molecular weight is 418 g/mol. The normalized spacial score (nSPS) is 10.5. The molecule has 3 aromatic rings. The van der Waals surface area contributed by atoms with E-state index in [-0.39, 0.29) is 17.5 Å². The van der Waals surface area contributed by atoms with Crippen molar-refractivity contribution in [2.45, 2.75) is 6.92 Å². The van der Waals surface area contributed by atoms with E-state index in [2.05, 4.69) is 10.6 Å². The van der Waals surface area contributed by atoms with E-state index in [4.69, 9.17) is 4.74 Å². The molecule has 2 N–H and O–H groups in total. The van der Waals surface area contributed by atoms with Gasteiger partial charge in [-0.1, -0.05) is 24.3 Å². The predicted octanol–water partition coefficient (Wildman–Crippen LogP) is 4.66. The van der Waals surface area contributed by atoms with Crippen molar-refractivity contribution >= 4 is 35.2 Å². The molecule has 3 rings (SSSR count). The number of nitrogens with one attached hydrogen (secondary N) is 2. The van der Waals surface area contributed by atoms with Crippen LogP contribution < -0.4 is 15.4 Å².